The molecule has 0 bridgehead atoms. The van der Waals surface area contributed by atoms with Crippen LogP contribution in [-0.4, -0.2) is 19.2 Å². The molecule has 1 aromatic carbocycles. The first-order chi connectivity index (χ1) is 9.08. The van der Waals surface area contributed by atoms with Crippen LogP contribution in [0.3, 0.4) is 0 Å². The normalized spacial score (nSPS) is 23.8. The van der Waals surface area contributed by atoms with Crippen LogP contribution < -0.4 is 5.32 Å². The van der Waals surface area contributed by atoms with Crippen LogP contribution in [0.15, 0.2) is 22.7 Å². The first-order valence-corrected chi connectivity index (χ1v) is 7.98. The molecule has 1 heterocycles. The number of aryl methyl sites for hydroxylation is 1. The maximum Gasteiger partial charge on any atom is 0.0865 e. The number of rotatable bonds is 4. The highest BCUT2D eigenvalue weighted by molar-refractivity contribution is 9.10. The highest BCUT2D eigenvalue weighted by Gasteiger charge is 2.27. The van der Waals surface area contributed by atoms with Crippen LogP contribution in [0.5, 0.6) is 0 Å². The van der Waals surface area contributed by atoms with Gasteiger partial charge in [0.2, 0.25) is 0 Å². The third kappa shape index (κ3) is 4.04. The Kier molecular flexibility index (Phi) is 5.43. The first-order valence-electron chi connectivity index (χ1n) is 7.19. The standard InChI is InChI=1S/C16H24BrNO/c1-11(2)18-10-14-5-4-8-19-16(14)13-7-6-12(3)15(17)9-13/h6-7,9,11,14,16,18H,4-5,8,10H2,1-3H3. The predicted molar refractivity (Wildman–Crippen MR) is 83.4 cm³/mol. The third-order valence-electron chi connectivity index (χ3n) is 3.76. The second-order valence-corrected chi connectivity index (χ2v) is 6.62. The molecule has 1 aromatic rings. The van der Waals surface area contributed by atoms with Crippen molar-refractivity contribution in [3.05, 3.63) is 33.8 Å². The molecule has 0 radical (unpaired) electrons. The zero-order chi connectivity index (χ0) is 13.8. The van der Waals surface area contributed by atoms with E-state index in [1.165, 1.54) is 28.4 Å². The molecular formula is C16H24BrNO. The molecule has 106 valence electrons. The van der Waals surface area contributed by atoms with Crippen molar-refractivity contribution in [1.29, 1.82) is 0 Å². The van der Waals surface area contributed by atoms with E-state index in [2.05, 4.69) is 60.2 Å². The number of hydrogen-bond acceptors (Lipinski definition) is 2. The smallest absolute Gasteiger partial charge is 0.0865 e. The Hall–Kier alpha value is -0.380. The van der Waals surface area contributed by atoms with Crippen LogP contribution in [-0.2, 0) is 4.74 Å². The highest BCUT2D eigenvalue weighted by atomic mass is 79.9. The summed E-state index contributed by atoms with van der Waals surface area (Å²) in [6, 6.07) is 7.13. The summed E-state index contributed by atoms with van der Waals surface area (Å²) in [7, 11) is 0. The minimum absolute atomic E-state index is 0.233. The van der Waals surface area contributed by atoms with Gasteiger partial charge in [-0.15, -0.1) is 0 Å². The summed E-state index contributed by atoms with van der Waals surface area (Å²) in [6.07, 6.45) is 2.65. The Morgan fingerprint density at radius 3 is 2.89 bits per heavy atom. The van der Waals surface area contributed by atoms with Crippen LogP contribution in [0.2, 0.25) is 0 Å². The monoisotopic (exact) mass is 325 g/mol. The fourth-order valence-corrected chi connectivity index (χ4v) is 2.99. The van der Waals surface area contributed by atoms with Gasteiger partial charge in [0.1, 0.15) is 0 Å². The van der Waals surface area contributed by atoms with E-state index in [9.17, 15) is 0 Å². The molecule has 1 aliphatic rings. The number of nitrogens with one attached hydrogen (secondary N) is 1. The lowest BCUT2D eigenvalue weighted by molar-refractivity contribution is -0.0282. The zero-order valence-corrected chi connectivity index (χ0v) is 13.7. The molecule has 2 rings (SSSR count). The van der Waals surface area contributed by atoms with Crippen LogP contribution in [0.25, 0.3) is 0 Å². The van der Waals surface area contributed by atoms with Crippen molar-refractivity contribution >= 4 is 15.9 Å². The molecule has 2 unspecified atom stereocenters. The Balaban J connectivity index is 2.11. The van der Waals surface area contributed by atoms with Crippen LogP contribution >= 0.6 is 15.9 Å². The maximum absolute atomic E-state index is 6.04. The van der Waals surface area contributed by atoms with Gasteiger partial charge in [0, 0.05) is 29.6 Å². The van der Waals surface area contributed by atoms with E-state index in [4.69, 9.17) is 4.74 Å². The fraction of sp³-hybridized carbons (Fsp3) is 0.625. The first kappa shape index (κ1) is 15.0. The Labute approximate surface area is 125 Å². The fourth-order valence-electron chi connectivity index (χ4n) is 2.59. The number of ether oxygens (including phenoxy) is 1. The third-order valence-corrected chi connectivity index (χ3v) is 4.61. The zero-order valence-electron chi connectivity index (χ0n) is 12.1. The largest absolute Gasteiger partial charge is 0.373 e. The van der Waals surface area contributed by atoms with Crippen molar-refractivity contribution in [2.45, 2.75) is 45.8 Å². The summed E-state index contributed by atoms with van der Waals surface area (Å²) >= 11 is 3.62. The van der Waals surface area contributed by atoms with E-state index in [1.54, 1.807) is 0 Å². The summed E-state index contributed by atoms with van der Waals surface area (Å²) < 4.78 is 7.22. The molecule has 1 saturated heterocycles. The van der Waals surface area contributed by atoms with Gasteiger partial charge >= 0.3 is 0 Å². The summed E-state index contributed by atoms with van der Waals surface area (Å²) in [5, 5.41) is 3.55. The predicted octanol–water partition coefficient (Wildman–Crippen LogP) is 4.22. The van der Waals surface area contributed by atoms with Gasteiger partial charge in [-0.05, 0) is 37.0 Å². The van der Waals surface area contributed by atoms with Gasteiger partial charge in [0.25, 0.3) is 0 Å². The maximum atomic E-state index is 6.04. The van der Waals surface area contributed by atoms with Crippen molar-refractivity contribution in [2.24, 2.45) is 5.92 Å². The van der Waals surface area contributed by atoms with Crippen LogP contribution in [0.4, 0.5) is 0 Å². The second-order valence-electron chi connectivity index (χ2n) is 5.77. The van der Waals surface area contributed by atoms with Crippen molar-refractivity contribution in [3.63, 3.8) is 0 Å². The molecule has 0 spiro atoms. The summed E-state index contributed by atoms with van der Waals surface area (Å²) in [4.78, 5) is 0. The van der Waals surface area contributed by atoms with Crippen molar-refractivity contribution < 1.29 is 4.74 Å². The molecule has 0 aliphatic carbocycles. The molecule has 1 fully saturated rings. The Bertz CT molecular complexity index is 419. The van der Waals surface area contributed by atoms with Gasteiger partial charge in [0.05, 0.1) is 6.10 Å². The minimum Gasteiger partial charge on any atom is -0.373 e. The Morgan fingerprint density at radius 1 is 1.42 bits per heavy atom. The van der Waals surface area contributed by atoms with Gasteiger partial charge in [-0.25, -0.2) is 0 Å². The highest BCUT2D eigenvalue weighted by Crippen LogP contribution is 2.35. The van der Waals surface area contributed by atoms with E-state index in [1.807, 2.05) is 0 Å². The topological polar surface area (TPSA) is 21.3 Å². The lowest BCUT2D eigenvalue weighted by Crippen LogP contribution is -2.35. The molecule has 3 heteroatoms. The van der Waals surface area contributed by atoms with Gasteiger partial charge < -0.3 is 10.1 Å². The molecule has 1 aliphatic heterocycles. The molecule has 2 nitrogen and oxygen atoms in total. The van der Waals surface area contributed by atoms with E-state index in [0.717, 1.165) is 13.2 Å². The van der Waals surface area contributed by atoms with Crippen LogP contribution in [0.1, 0.15) is 43.9 Å². The van der Waals surface area contributed by atoms with E-state index >= 15 is 0 Å². The van der Waals surface area contributed by atoms with Crippen molar-refractivity contribution in [3.8, 4) is 0 Å². The molecule has 0 aromatic heterocycles. The molecule has 2 atom stereocenters. The quantitative estimate of drug-likeness (QED) is 0.894. The summed E-state index contributed by atoms with van der Waals surface area (Å²) in [5.41, 5.74) is 2.57. The van der Waals surface area contributed by atoms with Gasteiger partial charge in [0.15, 0.2) is 0 Å². The Morgan fingerprint density at radius 2 is 2.21 bits per heavy atom. The second kappa shape index (κ2) is 6.87. The average Bonchev–Trinajstić information content (AvgIpc) is 2.40. The number of halogens is 1. The summed E-state index contributed by atoms with van der Waals surface area (Å²) in [5.74, 6) is 0.575. The minimum atomic E-state index is 0.233. The van der Waals surface area contributed by atoms with E-state index < -0.39 is 0 Å². The molecule has 19 heavy (non-hydrogen) atoms. The van der Waals surface area contributed by atoms with Crippen molar-refractivity contribution in [1.82, 2.24) is 5.32 Å². The van der Waals surface area contributed by atoms with Crippen LogP contribution in [0, 0.1) is 12.8 Å². The van der Waals surface area contributed by atoms with Gasteiger partial charge in [-0.1, -0.05) is 41.9 Å². The molecule has 0 amide bonds. The lowest BCUT2D eigenvalue weighted by Gasteiger charge is -2.33. The lowest BCUT2D eigenvalue weighted by atomic mass is 9.89. The van der Waals surface area contributed by atoms with Gasteiger partial charge in [-0.3, -0.25) is 0 Å². The average molecular weight is 326 g/mol. The van der Waals surface area contributed by atoms with Crippen molar-refractivity contribution in [2.75, 3.05) is 13.2 Å². The molecular weight excluding hydrogens is 302 g/mol. The summed E-state index contributed by atoms with van der Waals surface area (Å²) in [6.45, 7) is 8.43. The number of hydrogen-bond donors (Lipinski definition) is 1. The molecule has 0 saturated carbocycles. The molecule has 1 N–H and O–H groups in total. The SMILES string of the molecule is Cc1ccc(C2OCCCC2CNC(C)C)cc1Br. The number of benzene rings is 1. The van der Waals surface area contributed by atoms with E-state index in [-0.39, 0.29) is 6.10 Å². The van der Waals surface area contributed by atoms with E-state index in [0.29, 0.717) is 12.0 Å². The van der Waals surface area contributed by atoms with Gasteiger partial charge in [-0.2, -0.15) is 0 Å².